The SMILES string of the molecule is Cc1cc(/C=C(\C#N)C(=O)N2CCc3ccccc3C2)c(C)n1-c1ccc([N+](=O)[O-])cc1. The average Bonchev–Trinajstić information content (AvgIpc) is 3.09. The molecule has 0 radical (unpaired) electrons. The summed E-state index contributed by atoms with van der Waals surface area (Å²) in [5.74, 6) is -0.276. The minimum Gasteiger partial charge on any atom is -0.333 e. The van der Waals surface area contributed by atoms with Crippen LogP contribution >= 0.6 is 0 Å². The molecule has 0 saturated carbocycles. The molecule has 1 aliphatic heterocycles. The first-order chi connectivity index (χ1) is 15.4. The fourth-order valence-corrected chi connectivity index (χ4v) is 4.19. The summed E-state index contributed by atoms with van der Waals surface area (Å²) < 4.78 is 1.95. The van der Waals surface area contributed by atoms with Crippen molar-refractivity contribution in [2.45, 2.75) is 26.8 Å². The molecule has 1 amide bonds. The molecular weight excluding hydrogens is 404 g/mol. The van der Waals surface area contributed by atoms with E-state index in [0.29, 0.717) is 13.1 Å². The summed E-state index contributed by atoms with van der Waals surface area (Å²) in [4.78, 5) is 25.3. The molecule has 3 aromatic rings. The van der Waals surface area contributed by atoms with Gasteiger partial charge in [-0.1, -0.05) is 24.3 Å². The van der Waals surface area contributed by atoms with Gasteiger partial charge in [-0.25, -0.2) is 0 Å². The summed E-state index contributed by atoms with van der Waals surface area (Å²) >= 11 is 0. The van der Waals surface area contributed by atoms with E-state index in [1.165, 1.54) is 17.7 Å². The Balaban J connectivity index is 1.63. The van der Waals surface area contributed by atoms with Gasteiger partial charge in [-0.2, -0.15) is 5.26 Å². The number of nitro groups is 1. The number of non-ortho nitro benzene ring substituents is 1. The van der Waals surface area contributed by atoms with E-state index in [1.54, 1.807) is 23.1 Å². The summed E-state index contributed by atoms with van der Waals surface area (Å²) in [5.41, 5.74) is 5.77. The Morgan fingerprint density at radius 1 is 1.12 bits per heavy atom. The number of nitriles is 1. The summed E-state index contributed by atoms with van der Waals surface area (Å²) in [5, 5.41) is 20.6. The zero-order valence-corrected chi connectivity index (χ0v) is 17.9. The van der Waals surface area contributed by atoms with Gasteiger partial charge in [0.2, 0.25) is 0 Å². The van der Waals surface area contributed by atoms with Crippen LogP contribution in [0.15, 0.2) is 60.2 Å². The molecule has 0 unspecified atom stereocenters. The number of carbonyl (C=O) groups is 1. The second-order valence-electron chi connectivity index (χ2n) is 7.85. The predicted molar refractivity (Wildman–Crippen MR) is 121 cm³/mol. The molecule has 7 heteroatoms. The lowest BCUT2D eigenvalue weighted by atomic mass is 9.99. The van der Waals surface area contributed by atoms with Crippen LogP contribution in [0.4, 0.5) is 5.69 Å². The van der Waals surface area contributed by atoms with Crippen LogP contribution < -0.4 is 0 Å². The molecule has 2 aromatic carbocycles. The van der Waals surface area contributed by atoms with Crippen molar-refractivity contribution in [3.8, 4) is 11.8 Å². The summed E-state index contributed by atoms with van der Waals surface area (Å²) in [6, 6.07) is 18.3. The second kappa shape index (κ2) is 8.52. The molecule has 0 bridgehead atoms. The molecule has 1 aliphatic rings. The first-order valence-corrected chi connectivity index (χ1v) is 10.3. The van der Waals surface area contributed by atoms with E-state index in [-0.39, 0.29) is 17.2 Å². The smallest absolute Gasteiger partial charge is 0.269 e. The van der Waals surface area contributed by atoms with Crippen LogP contribution in [-0.4, -0.2) is 26.8 Å². The molecule has 0 N–H and O–H groups in total. The van der Waals surface area contributed by atoms with Gasteiger partial charge in [0.05, 0.1) is 4.92 Å². The Morgan fingerprint density at radius 3 is 2.47 bits per heavy atom. The van der Waals surface area contributed by atoms with Crippen LogP contribution in [-0.2, 0) is 17.8 Å². The minimum atomic E-state index is -0.433. The van der Waals surface area contributed by atoms with Gasteiger partial charge in [-0.15, -0.1) is 0 Å². The third-order valence-electron chi connectivity index (χ3n) is 5.86. The molecule has 4 rings (SSSR count). The fraction of sp³-hybridized carbons (Fsp3) is 0.200. The number of benzene rings is 2. The number of amides is 1. The van der Waals surface area contributed by atoms with Crippen molar-refractivity contribution in [3.05, 3.63) is 98.4 Å². The minimum absolute atomic E-state index is 0.0248. The van der Waals surface area contributed by atoms with E-state index in [4.69, 9.17) is 0 Å². The Labute approximate surface area is 186 Å². The maximum atomic E-state index is 13.1. The van der Waals surface area contributed by atoms with Crippen molar-refractivity contribution in [3.63, 3.8) is 0 Å². The first kappa shape index (κ1) is 21.1. The largest absolute Gasteiger partial charge is 0.333 e. The van der Waals surface area contributed by atoms with Gasteiger partial charge >= 0.3 is 0 Å². The van der Waals surface area contributed by atoms with Crippen molar-refractivity contribution in [2.24, 2.45) is 0 Å². The zero-order chi connectivity index (χ0) is 22.8. The number of nitrogens with zero attached hydrogens (tertiary/aromatic N) is 4. The summed E-state index contributed by atoms with van der Waals surface area (Å²) in [6.07, 6.45) is 2.41. The van der Waals surface area contributed by atoms with Crippen LogP contribution in [0.3, 0.4) is 0 Å². The standard InChI is InChI=1S/C25H22N4O3/c1-17-13-21(18(2)28(17)23-7-9-24(10-8-23)29(31)32)14-22(15-26)25(30)27-12-11-19-5-3-4-6-20(19)16-27/h3-10,13-14H,11-12,16H2,1-2H3/b22-14+. The molecule has 0 saturated heterocycles. The summed E-state index contributed by atoms with van der Waals surface area (Å²) in [7, 11) is 0. The number of aromatic nitrogens is 1. The number of aryl methyl sites for hydroxylation is 1. The third kappa shape index (κ3) is 3.91. The third-order valence-corrected chi connectivity index (χ3v) is 5.86. The molecule has 0 atom stereocenters. The van der Waals surface area contributed by atoms with Gasteiger partial charge < -0.3 is 9.47 Å². The van der Waals surface area contributed by atoms with Crippen molar-refractivity contribution < 1.29 is 9.72 Å². The van der Waals surface area contributed by atoms with Crippen LogP contribution in [0.1, 0.15) is 28.1 Å². The van der Waals surface area contributed by atoms with Crippen LogP contribution in [0.25, 0.3) is 11.8 Å². The lowest BCUT2D eigenvalue weighted by Crippen LogP contribution is -2.36. The molecule has 2 heterocycles. The molecule has 0 fully saturated rings. The number of hydrogen-bond acceptors (Lipinski definition) is 4. The molecule has 0 spiro atoms. The first-order valence-electron chi connectivity index (χ1n) is 10.3. The van der Waals surface area contributed by atoms with E-state index in [0.717, 1.165) is 34.6 Å². The molecule has 160 valence electrons. The van der Waals surface area contributed by atoms with Gasteiger partial charge in [0.1, 0.15) is 11.6 Å². The number of hydrogen-bond donors (Lipinski definition) is 0. The average molecular weight is 426 g/mol. The lowest BCUT2D eigenvalue weighted by molar-refractivity contribution is -0.384. The molecule has 7 nitrogen and oxygen atoms in total. The highest BCUT2D eigenvalue weighted by Gasteiger charge is 2.23. The van der Waals surface area contributed by atoms with Crippen molar-refractivity contribution in [1.82, 2.24) is 9.47 Å². The van der Waals surface area contributed by atoms with Gasteiger partial charge in [0.15, 0.2) is 0 Å². The van der Waals surface area contributed by atoms with E-state index in [9.17, 15) is 20.2 Å². The lowest BCUT2D eigenvalue weighted by Gasteiger charge is -2.28. The highest BCUT2D eigenvalue weighted by Crippen LogP contribution is 2.26. The van der Waals surface area contributed by atoms with Gasteiger partial charge in [0, 0.05) is 42.3 Å². The van der Waals surface area contributed by atoms with Crippen LogP contribution in [0.5, 0.6) is 0 Å². The van der Waals surface area contributed by atoms with E-state index in [1.807, 2.05) is 42.7 Å². The zero-order valence-electron chi connectivity index (χ0n) is 17.9. The number of carbonyl (C=O) groups excluding carboxylic acids is 1. The molecule has 0 aliphatic carbocycles. The molecule has 1 aromatic heterocycles. The maximum absolute atomic E-state index is 13.1. The van der Waals surface area contributed by atoms with Crippen molar-refractivity contribution in [2.75, 3.05) is 6.54 Å². The maximum Gasteiger partial charge on any atom is 0.269 e. The number of fused-ring (bicyclic) bond motifs is 1. The van der Waals surface area contributed by atoms with Crippen molar-refractivity contribution >= 4 is 17.7 Å². The molecule has 32 heavy (non-hydrogen) atoms. The van der Waals surface area contributed by atoms with E-state index < -0.39 is 4.92 Å². The quantitative estimate of drug-likeness (QED) is 0.266. The van der Waals surface area contributed by atoms with E-state index in [2.05, 4.69) is 12.1 Å². The Bertz CT molecular complexity index is 1280. The normalized spacial score (nSPS) is 13.4. The Morgan fingerprint density at radius 2 is 1.81 bits per heavy atom. The van der Waals surface area contributed by atoms with E-state index >= 15 is 0 Å². The highest BCUT2D eigenvalue weighted by molar-refractivity contribution is 6.02. The van der Waals surface area contributed by atoms with Gasteiger partial charge in [0.25, 0.3) is 11.6 Å². The van der Waals surface area contributed by atoms with Crippen LogP contribution in [0, 0.1) is 35.3 Å². The fourth-order valence-electron chi connectivity index (χ4n) is 4.19. The van der Waals surface area contributed by atoms with Gasteiger partial charge in [-0.05, 0) is 61.2 Å². The topological polar surface area (TPSA) is 92.2 Å². The predicted octanol–water partition coefficient (Wildman–Crippen LogP) is 4.49. The molecular formula is C25H22N4O3. The second-order valence-corrected chi connectivity index (χ2v) is 7.85. The monoisotopic (exact) mass is 426 g/mol. The Hall–Kier alpha value is -4.18. The van der Waals surface area contributed by atoms with Crippen LogP contribution in [0.2, 0.25) is 0 Å². The summed E-state index contributed by atoms with van der Waals surface area (Å²) in [6.45, 7) is 4.89. The Kier molecular flexibility index (Phi) is 5.61. The van der Waals surface area contributed by atoms with Crippen molar-refractivity contribution in [1.29, 1.82) is 5.26 Å². The number of nitro benzene ring substituents is 1. The highest BCUT2D eigenvalue weighted by atomic mass is 16.6. The van der Waals surface area contributed by atoms with Gasteiger partial charge in [-0.3, -0.25) is 14.9 Å². The number of rotatable bonds is 4.